The summed E-state index contributed by atoms with van der Waals surface area (Å²) in [5.74, 6) is 0.0674. The van der Waals surface area contributed by atoms with Gasteiger partial charge in [-0.1, -0.05) is 59.9 Å². The molecule has 0 amide bonds. The summed E-state index contributed by atoms with van der Waals surface area (Å²) in [4.78, 5) is 43.7. The SMILES string of the molecule is CCOC(=O)C1=C(c2ccccc2)N=c2s/c(=C\c3ccc(OC)c([N+](=O)[O-])c3)c(=O)n2[C@H]1c1cccc(OC)c1. The van der Waals surface area contributed by atoms with Crippen LogP contribution in [0.2, 0.25) is 0 Å². The second kappa shape index (κ2) is 11.6. The van der Waals surface area contributed by atoms with Gasteiger partial charge in [-0.25, -0.2) is 9.79 Å². The number of carbonyl (C=O) groups is 1. The third kappa shape index (κ3) is 5.27. The number of fused-ring (bicyclic) bond motifs is 1. The molecule has 41 heavy (non-hydrogen) atoms. The number of hydrogen-bond acceptors (Lipinski definition) is 9. The standard InChI is InChI=1S/C30H25N3O7S/c1-4-40-29(35)25-26(19-9-6-5-7-10-19)31-30-32(27(25)20-11-8-12-21(17-20)38-2)28(34)24(41-30)16-18-13-14-23(39-3)22(15-18)33(36)37/h5-17,27H,4H2,1-3H3/b24-16-/t27-/m0/s1. The monoisotopic (exact) mass is 571 g/mol. The third-order valence-corrected chi connectivity index (χ3v) is 7.46. The second-order valence-corrected chi connectivity index (χ2v) is 9.91. The van der Waals surface area contributed by atoms with Crippen molar-refractivity contribution in [3.63, 3.8) is 0 Å². The molecule has 1 aliphatic heterocycles. The fourth-order valence-electron chi connectivity index (χ4n) is 4.66. The van der Waals surface area contributed by atoms with Crippen LogP contribution in [0.15, 0.2) is 88.2 Å². The molecule has 0 spiro atoms. The van der Waals surface area contributed by atoms with Gasteiger partial charge in [-0.15, -0.1) is 0 Å². The van der Waals surface area contributed by atoms with E-state index >= 15 is 0 Å². The van der Waals surface area contributed by atoms with E-state index < -0.39 is 22.5 Å². The first-order chi connectivity index (χ1) is 19.9. The zero-order valence-electron chi connectivity index (χ0n) is 22.4. The number of nitrogens with zero attached hydrogens (tertiary/aromatic N) is 3. The van der Waals surface area contributed by atoms with Crippen LogP contribution in [-0.4, -0.2) is 36.3 Å². The summed E-state index contributed by atoms with van der Waals surface area (Å²) in [5, 5.41) is 11.6. The van der Waals surface area contributed by atoms with E-state index in [9.17, 15) is 19.7 Å². The van der Waals surface area contributed by atoms with Gasteiger partial charge in [-0.2, -0.15) is 0 Å². The fraction of sp³-hybridized carbons (Fsp3) is 0.167. The Morgan fingerprint density at radius 3 is 2.54 bits per heavy atom. The Labute approximate surface area is 238 Å². The average Bonchev–Trinajstić information content (AvgIpc) is 3.30. The van der Waals surface area contributed by atoms with E-state index in [-0.39, 0.29) is 28.1 Å². The number of nitro groups is 1. The highest BCUT2D eigenvalue weighted by Crippen LogP contribution is 2.36. The van der Waals surface area contributed by atoms with Crippen LogP contribution >= 0.6 is 11.3 Å². The highest BCUT2D eigenvalue weighted by atomic mass is 32.1. The Morgan fingerprint density at radius 2 is 1.85 bits per heavy atom. The molecule has 0 unspecified atom stereocenters. The summed E-state index contributed by atoms with van der Waals surface area (Å²) in [6, 6.07) is 19.9. The van der Waals surface area contributed by atoms with Crippen LogP contribution < -0.4 is 24.4 Å². The van der Waals surface area contributed by atoms with Crippen molar-refractivity contribution in [3.8, 4) is 11.5 Å². The summed E-state index contributed by atoms with van der Waals surface area (Å²) in [7, 11) is 2.89. The lowest BCUT2D eigenvalue weighted by Gasteiger charge is -2.26. The minimum atomic E-state index is -0.872. The van der Waals surface area contributed by atoms with E-state index in [4.69, 9.17) is 19.2 Å². The smallest absolute Gasteiger partial charge is 0.338 e. The summed E-state index contributed by atoms with van der Waals surface area (Å²) in [5.41, 5.74) is 1.73. The zero-order chi connectivity index (χ0) is 29.1. The highest BCUT2D eigenvalue weighted by Gasteiger charge is 2.35. The van der Waals surface area contributed by atoms with Gasteiger partial charge in [-0.3, -0.25) is 19.5 Å². The predicted octanol–water partition coefficient (Wildman–Crippen LogP) is 3.86. The molecule has 1 aliphatic rings. The average molecular weight is 572 g/mol. The molecule has 1 aromatic heterocycles. The number of thiazole rings is 1. The van der Waals surface area contributed by atoms with Crippen molar-refractivity contribution in [1.29, 1.82) is 0 Å². The molecule has 3 aromatic carbocycles. The van der Waals surface area contributed by atoms with Crippen molar-refractivity contribution in [1.82, 2.24) is 4.57 Å². The van der Waals surface area contributed by atoms with E-state index in [1.165, 1.54) is 30.9 Å². The Kier molecular flexibility index (Phi) is 7.79. The van der Waals surface area contributed by atoms with Crippen LogP contribution in [0.25, 0.3) is 11.8 Å². The van der Waals surface area contributed by atoms with Crippen molar-refractivity contribution >= 4 is 34.8 Å². The summed E-state index contributed by atoms with van der Waals surface area (Å²) >= 11 is 1.12. The number of methoxy groups -OCH3 is 2. The minimum Gasteiger partial charge on any atom is -0.497 e. The van der Waals surface area contributed by atoms with Crippen LogP contribution in [0.5, 0.6) is 11.5 Å². The minimum absolute atomic E-state index is 0.109. The van der Waals surface area contributed by atoms with Crippen LogP contribution in [0.4, 0.5) is 5.69 Å². The number of rotatable bonds is 8. The maximum absolute atomic E-state index is 14.0. The molecule has 0 N–H and O–H groups in total. The van der Waals surface area contributed by atoms with Crippen molar-refractivity contribution in [2.24, 2.45) is 4.99 Å². The molecule has 11 heteroatoms. The van der Waals surface area contributed by atoms with Crippen molar-refractivity contribution in [3.05, 3.63) is 125 Å². The molecule has 0 bridgehead atoms. The van der Waals surface area contributed by atoms with Gasteiger partial charge in [0.25, 0.3) is 5.56 Å². The van der Waals surface area contributed by atoms with Gasteiger partial charge in [0.2, 0.25) is 0 Å². The first-order valence-corrected chi connectivity index (χ1v) is 13.4. The van der Waals surface area contributed by atoms with E-state index in [1.807, 2.05) is 36.4 Å². The number of benzene rings is 3. The Morgan fingerprint density at radius 1 is 1.07 bits per heavy atom. The topological polar surface area (TPSA) is 122 Å². The van der Waals surface area contributed by atoms with E-state index in [0.717, 1.165) is 11.3 Å². The summed E-state index contributed by atoms with van der Waals surface area (Å²) in [6.07, 6.45) is 1.56. The number of carbonyl (C=O) groups excluding carboxylic acids is 1. The van der Waals surface area contributed by atoms with E-state index in [0.29, 0.717) is 32.9 Å². The largest absolute Gasteiger partial charge is 0.497 e. The maximum Gasteiger partial charge on any atom is 0.338 e. The molecular formula is C30H25N3O7S. The number of aromatic nitrogens is 1. The van der Waals surface area contributed by atoms with Crippen molar-refractivity contribution in [2.75, 3.05) is 20.8 Å². The number of hydrogen-bond donors (Lipinski definition) is 0. The normalized spacial score (nSPS) is 14.7. The molecule has 10 nitrogen and oxygen atoms in total. The fourth-order valence-corrected chi connectivity index (χ4v) is 5.66. The lowest BCUT2D eigenvalue weighted by molar-refractivity contribution is -0.385. The van der Waals surface area contributed by atoms with Gasteiger partial charge in [0.1, 0.15) is 5.75 Å². The quantitative estimate of drug-likeness (QED) is 0.179. The Hall–Kier alpha value is -5.03. The molecule has 0 fully saturated rings. The summed E-state index contributed by atoms with van der Waals surface area (Å²) < 4.78 is 17.8. The summed E-state index contributed by atoms with van der Waals surface area (Å²) in [6.45, 7) is 1.85. The van der Waals surface area contributed by atoms with Crippen LogP contribution in [-0.2, 0) is 9.53 Å². The van der Waals surface area contributed by atoms with Crippen LogP contribution in [0.1, 0.15) is 29.7 Å². The van der Waals surface area contributed by atoms with Gasteiger partial charge in [0.15, 0.2) is 10.6 Å². The van der Waals surface area contributed by atoms with E-state index in [1.54, 1.807) is 37.3 Å². The van der Waals surface area contributed by atoms with Gasteiger partial charge in [0.05, 0.1) is 47.6 Å². The molecule has 0 radical (unpaired) electrons. The molecule has 0 saturated heterocycles. The lowest BCUT2D eigenvalue weighted by Crippen LogP contribution is -2.40. The van der Waals surface area contributed by atoms with Crippen LogP contribution in [0.3, 0.4) is 0 Å². The van der Waals surface area contributed by atoms with Gasteiger partial charge < -0.3 is 14.2 Å². The molecule has 5 rings (SSSR count). The highest BCUT2D eigenvalue weighted by molar-refractivity contribution is 7.07. The molecule has 4 aromatic rings. The second-order valence-electron chi connectivity index (χ2n) is 8.90. The van der Waals surface area contributed by atoms with Crippen LogP contribution in [0, 0.1) is 10.1 Å². The number of nitro benzene ring substituents is 1. The first kappa shape index (κ1) is 27.5. The molecular weight excluding hydrogens is 546 g/mol. The predicted molar refractivity (Wildman–Crippen MR) is 154 cm³/mol. The van der Waals surface area contributed by atoms with Crippen molar-refractivity contribution < 1.29 is 23.9 Å². The number of esters is 1. The molecule has 1 atom stereocenters. The molecule has 2 heterocycles. The van der Waals surface area contributed by atoms with Gasteiger partial charge in [-0.05, 0) is 42.3 Å². The van der Waals surface area contributed by atoms with Crippen molar-refractivity contribution in [2.45, 2.75) is 13.0 Å². The Balaban J connectivity index is 1.81. The molecule has 208 valence electrons. The Bertz CT molecular complexity index is 1860. The molecule has 0 aliphatic carbocycles. The van der Waals surface area contributed by atoms with Gasteiger partial charge in [0, 0.05) is 11.6 Å². The maximum atomic E-state index is 14.0. The molecule has 0 saturated carbocycles. The number of ether oxygens (including phenoxy) is 3. The van der Waals surface area contributed by atoms with E-state index in [2.05, 4.69) is 0 Å². The van der Waals surface area contributed by atoms with Gasteiger partial charge >= 0.3 is 11.7 Å². The first-order valence-electron chi connectivity index (χ1n) is 12.6. The zero-order valence-corrected chi connectivity index (χ0v) is 23.2. The third-order valence-electron chi connectivity index (χ3n) is 6.48. The lowest BCUT2D eigenvalue weighted by atomic mass is 9.93.